The fraction of sp³-hybridized carbons (Fsp3) is 0. The largest absolute Gasteiger partial charge is 0.383 e. The lowest BCUT2D eigenvalue weighted by Gasteiger charge is -1.99. The standard InChI is InChI=1S/C6H4BrClN2O/c7-4-1-3(2-11)6(9)10-5(4)8/h1-2H,(H2,9,10). The van der Waals surface area contributed by atoms with Crippen LogP contribution in [-0.4, -0.2) is 11.3 Å². The van der Waals surface area contributed by atoms with Crippen molar-refractivity contribution in [3.63, 3.8) is 0 Å². The number of nitrogens with two attached hydrogens (primary N) is 1. The number of rotatable bonds is 1. The number of pyridine rings is 1. The molecule has 0 atom stereocenters. The predicted molar refractivity (Wildman–Crippen MR) is 46.7 cm³/mol. The van der Waals surface area contributed by atoms with E-state index >= 15 is 0 Å². The van der Waals surface area contributed by atoms with Crippen LogP contribution in [0.1, 0.15) is 10.4 Å². The molecule has 1 rings (SSSR count). The van der Waals surface area contributed by atoms with Crippen molar-refractivity contribution in [2.75, 3.05) is 5.73 Å². The van der Waals surface area contributed by atoms with E-state index in [1.165, 1.54) is 6.07 Å². The molecule has 0 saturated heterocycles. The molecule has 5 heteroatoms. The van der Waals surface area contributed by atoms with Crippen LogP contribution in [0.5, 0.6) is 0 Å². The zero-order valence-electron chi connectivity index (χ0n) is 5.34. The smallest absolute Gasteiger partial charge is 0.153 e. The third-order valence-electron chi connectivity index (χ3n) is 1.12. The molecule has 0 saturated carbocycles. The summed E-state index contributed by atoms with van der Waals surface area (Å²) in [7, 11) is 0. The molecule has 1 aromatic rings. The van der Waals surface area contributed by atoms with Gasteiger partial charge in [-0.2, -0.15) is 0 Å². The number of halogens is 2. The van der Waals surface area contributed by atoms with E-state index in [1.807, 2.05) is 0 Å². The van der Waals surface area contributed by atoms with Crippen molar-refractivity contribution < 1.29 is 4.79 Å². The Morgan fingerprint density at radius 3 is 2.91 bits per heavy atom. The summed E-state index contributed by atoms with van der Waals surface area (Å²) in [6, 6.07) is 1.53. The molecule has 0 aliphatic carbocycles. The molecule has 0 aromatic carbocycles. The first-order valence-electron chi connectivity index (χ1n) is 2.72. The average Bonchev–Trinajstić information content (AvgIpc) is 1.97. The number of anilines is 1. The number of nitrogen functional groups attached to an aromatic ring is 1. The van der Waals surface area contributed by atoms with Crippen LogP contribution in [0.4, 0.5) is 5.82 Å². The second-order valence-electron chi connectivity index (χ2n) is 1.85. The van der Waals surface area contributed by atoms with Gasteiger partial charge in [-0.15, -0.1) is 0 Å². The molecule has 0 bridgehead atoms. The molecule has 0 amide bonds. The molecule has 0 aliphatic heterocycles. The van der Waals surface area contributed by atoms with E-state index in [-0.39, 0.29) is 11.0 Å². The Hall–Kier alpha value is -0.610. The minimum atomic E-state index is 0.146. The first-order valence-corrected chi connectivity index (χ1v) is 3.89. The van der Waals surface area contributed by atoms with Crippen molar-refractivity contribution in [3.05, 3.63) is 21.3 Å². The van der Waals surface area contributed by atoms with E-state index in [0.717, 1.165) is 0 Å². The van der Waals surface area contributed by atoms with Gasteiger partial charge in [-0.25, -0.2) is 4.98 Å². The highest BCUT2D eigenvalue weighted by atomic mass is 79.9. The van der Waals surface area contributed by atoms with Gasteiger partial charge in [0.2, 0.25) is 0 Å². The highest BCUT2D eigenvalue weighted by Gasteiger charge is 2.04. The number of aldehydes is 1. The Labute approximate surface area is 76.7 Å². The zero-order chi connectivity index (χ0) is 8.43. The molecule has 3 nitrogen and oxygen atoms in total. The first kappa shape index (κ1) is 8.49. The lowest BCUT2D eigenvalue weighted by molar-refractivity contribution is 0.112. The topological polar surface area (TPSA) is 56.0 Å². The van der Waals surface area contributed by atoms with Crippen LogP contribution in [-0.2, 0) is 0 Å². The molecule has 0 spiro atoms. The Kier molecular flexibility index (Phi) is 2.46. The molecule has 0 unspecified atom stereocenters. The van der Waals surface area contributed by atoms with E-state index in [0.29, 0.717) is 16.3 Å². The van der Waals surface area contributed by atoms with Gasteiger partial charge >= 0.3 is 0 Å². The molecule has 58 valence electrons. The summed E-state index contributed by atoms with van der Waals surface area (Å²) >= 11 is 8.70. The molecular formula is C6H4BrClN2O. The van der Waals surface area contributed by atoms with Gasteiger partial charge in [-0.1, -0.05) is 11.6 Å². The van der Waals surface area contributed by atoms with Gasteiger partial charge in [0.15, 0.2) is 6.29 Å². The van der Waals surface area contributed by atoms with E-state index < -0.39 is 0 Å². The molecule has 0 radical (unpaired) electrons. The molecular weight excluding hydrogens is 231 g/mol. The number of hydrogen-bond acceptors (Lipinski definition) is 3. The maximum Gasteiger partial charge on any atom is 0.153 e. The number of nitrogens with zero attached hydrogens (tertiary/aromatic N) is 1. The van der Waals surface area contributed by atoms with Crippen LogP contribution in [0.25, 0.3) is 0 Å². The number of carbonyl (C=O) groups excluding carboxylic acids is 1. The number of carbonyl (C=O) groups is 1. The summed E-state index contributed by atoms with van der Waals surface area (Å²) in [5.74, 6) is 0.146. The predicted octanol–water partition coefficient (Wildman–Crippen LogP) is 1.89. The van der Waals surface area contributed by atoms with Crippen LogP contribution < -0.4 is 5.73 Å². The van der Waals surface area contributed by atoms with Gasteiger partial charge in [0.05, 0.1) is 10.0 Å². The Morgan fingerprint density at radius 1 is 1.73 bits per heavy atom. The van der Waals surface area contributed by atoms with Crippen LogP contribution in [0, 0.1) is 0 Å². The summed E-state index contributed by atoms with van der Waals surface area (Å²) in [5, 5.41) is 0.258. The van der Waals surface area contributed by atoms with E-state index in [9.17, 15) is 4.79 Å². The third kappa shape index (κ3) is 1.70. The van der Waals surface area contributed by atoms with Gasteiger partial charge in [-0.3, -0.25) is 4.79 Å². The summed E-state index contributed by atoms with van der Waals surface area (Å²) < 4.78 is 0.565. The molecule has 0 fully saturated rings. The second-order valence-corrected chi connectivity index (χ2v) is 3.07. The van der Waals surface area contributed by atoms with Crippen LogP contribution in [0.15, 0.2) is 10.5 Å². The maximum atomic E-state index is 10.3. The summed E-state index contributed by atoms with van der Waals surface area (Å²) in [4.78, 5) is 14.0. The van der Waals surface area contributed by atoms with Gasteiger partial charge in [0.1, 0.15) is 11.0 Å². The minimum absolute atomic E-state index is 0.146. The molecule has 1 heterocycles. The quantitative estimate of drug-likeness (QED) is 0.597. The number of aromatic nitrogens is 1. The van der Waals surface area contributed by atoms with Crippen molar-refractivity contribution in [1.29, 1.82) is 0 Å². The maximum absolute atomic E-state index is 10.3. The Morgan fingerprint density at radius 2 is 2.36 bits per heavy atom. The fourth-order valence-electron chi connectivity index (χ4n) is 0.588. The molecule has 0 aliphatic rings. The van der Waals surface area contributed by atoms with Gasteiger partial charge in [-0.05, 0) is 22.0 Å². The first-order chi connectivity index (χ1) is 5.15. The van der Waals surface area contributed by atoms with Crippen molar-refractivity contribution in [2.45, 2.75) is 0 Å². The van der Waals surface area contributed by atoms with Crippen LogP contribution in [0.3, 0.4) is 0 Å². The molecule has 1 aromatic heterocycles. The monoisotopic (exact) mass is 234 g/mol. The second kappa shape index (κ2) is 3.19. The van der Waals surface area contributed by atoms with Crippen molar-refractivity contribution in [3.8, 4) is 0 Å². The van der Waals surface area contributed by atoms with Crippen molar-refractivity contribution in [1.82, 2.24) is 4.98 Å². The zero-order valence-corrected chi connectivity index (χ0v) is 7.69. The lowest BCUT2D eigenvalue weighted by Crippen LogP contribution is -1.96. The summed E-state index contributed by atoms with van der Waals surface area (Å²) in [5.41, 5.74) is 5.69. The summed E-state index contributed by atoms with van der Waals surface area (Å²) in [6.45, 7) is 0. The van der Waals surface area contributed by atoms with Crippen LogP contribution >= 0.6 is 27.5 Å². The van der Waals surface area contributed by atoms with Gasteiger partial charge in [0, 0.05) is 0 Å². The molecule has 11 heavy (non-hydrogen) atoms. The lowest BCUT2D eigenvalue weighted by atomic mass is 10.3. The Balaban J connectivity index is 3.31. The average molecular weight is 235 g/mol. The Bertz CT molecular complexity index is 303. The van der Waals surface area contributed by atoms with Gasteiger partial charge < -0.3 is 5.73 Å². The van der Waals surface area contributed by atoms with E-state index in [4.69, 9.17) is 17.3 Å². The van der Waals surface area contributed by atoms with E-state index in [2.05, 4.69) is 20.9 Å². The normalized spacial score (nSPS) is 9.64. The third-order valence-corrected chi connectivity index (χ3v) is 2.24. The van der Waals surface area contributed by atoms with Crippen molar-refractivity contribution in [2.24, 2.45) is 0 Å². The minimum Gasteiger partial charge on any atom is -0.383 e. The molecule has 2 N–H and O–H groups in total. The highest BCUT2D eigenvalue weighted by Crippen LogP contribution is 2.23. The van der Waals surface area contributed by atoms with Gasteiger partial charge in [0.25, 0.3) is 0 Å². The number of hydrogen-bond donors (Lipinski definition) is 1. The van der Waals surface area contributed by atoms with E-state index in [1.54, 1.807) is 0 Å². The highest BCUT2D eigenvalue weighted by molar-refractivity contribution is 9.10. The fourth-order valence-corrected chi connectivity index (χ4v) is 1.07. The van der Waals surface area contributed by atoms with Crippen molar-refractivity contribution >= 4 is 39.6 Å². The van der Waals surface area contributed by atoms with Crippen LogP contribution in [0.2, 0.25) is 5.15 Å². The SMILES string of the molecule is Nc1nc(Cl)c(Br)cc1C=O. The summed E-state index contributed by atoms with van der Waals surface area (Å²) in [6.07, 6.45) is 0.628.